The average Bonchev–Trinajstić information content (AvgIpc) is 2.85. The molecule has 2 aliphatic rings. The van der Waals surface area contributed by atoms with Crippen molar-refractivity contribution in [3.8, 4) is 0 Å². The molecule has 1 N–H and O–H groups in total. The highest BCUT2D eigenvalue weighted by atomic mass is 16.3. The number of amides is 1. The molecule has 2 heterocycles. The molecule has 1 aromatic rings. The monoisotopic (exact) mass is 298 g/mol. The number of hydrogen-bond donors (Lipinski definition) is 1. The molecular formula is C16H19BN2O3. The highest BCUT2D eigenvalue weighted by Gasteiger charge is 2.41. The molecule has 22 heavy (non-hydrogen) atoms. The van der Waals surface area contributed by atoms with Gasteiger partial charge in [-0.1, -0.05) is 5.57 Å². The van der Waals surface area contributed by atoms with Crippen molar-refractivity contribution in [3.05, 3.63) is 40.6 Å². The van der Waals surface area contributed by atoms with Crippen molar-refractivity contribution in [1.82, 2.24) is 4.90 Å². The second kappa shape index (κ2) is 5.28. The van der Waals surface area contributed by atoms with Gasteiger partial charge in [0.25, 0.3) is 5.91 Å². The number of fused-ring (bicyclic) bond motifs is 2. The fourth-order valence-electron chi connectivity index (χ4n) is 3.26. The summed E-state index contributed by atoms with van der Waals surface area (Å²) in [5.74, 6) is -0.118. The summed E-state index contributed by atoms with van der Waals surface area (Å²) in [6.07, 6.45) is 2.29. The third kappa shape index (κ3) is 2.15. The summed E-state index contributed by atoms with van der Waals surface area (Å²) >= 11 is 0. The van der Waals surface area contributed by atoms with E-state index in [0.29, 0.717) is 17.7 Å². The highest BCUT2D eigenvalue weighted by Crippen LogP contribution is 2.36. The van der Waals surface area contributed by atoms with E-state index in [1.54, 1.807) is 15.9 Å². The number of rotatable bonds is 2. The van der Waals surface area contributed by atoms with Crippen molar-refractivity contribution >= 4 is 25.2 Å². The molecule has 0 spiro atoms. The van der Waals surface area contributed by atoms with E-state index in [4.69, 9.17) is 0 Å². The second-order valence-corrected chi connectivity index (χ2v) is 6.15. The van der Waals surface area contributed by atoms with E-state index in [-0.39, 0.29) is 19.4 Å². The molecule has 0 aromatic heterocycles. The molecule has 0 unspecified atom stereocenters. The van der Waals surface area contributed by atoms with Crippen LogP contribution in [0.2, 0.25) is 0 Å². The van der Waals surface area contributed by atoms with Crippen LogP contribution in [0, 0.1) is 13.8 Å². The van der Waals surface area contributed by atoms with Crippen LogP contribution in [0.4, 0.5) is 5.69 Å². The average molecular weight is 298 g/mol. The molecule has 3 rings (SSSR count). The van der Waals surface area contributed by atoms with Crippen LogP contribution in [0.15, 0.2) is 23.9 Å². The van der Waals surface area contributed by atoms with Gasteiger partial charge >= 0.3 is 7.41 Å². The lowest BCUT2D eigenvalue weighted by molar-refractivity contribution is 0.0614. The van der Waals surface area contributed by atoms with E-state index in [2.05, 4.69) is 0 Å². The van der Waals surface area contributed by atoms with Gasteiger partial charge in [-0.2, -0.15) is 0 Å². The number of aryl methyl sites for hydroxylation is 2. The van der Waals surface area contributed by atoms with Gasteiger partial charge in [-0.05, 0) is 50.5 Å². The molecule has 5 nitrogen and oxygen atoms in total. The van der Waals surface area contributed by atoms with Crippen molar-refractivity contribution in [2.75, 3.05) is 4.81 Å². The van der Waals surface area contributed by atoms with Gasteiger partial charge in [0.15, 0.2) is 0 Å². The van der Waals surface area contributed by atoms with E-state index in [1.165, 1.54) is 0 Å². The molecule has 2 aliphatic heterocycles. The largest absolute Gasteiger partial charge is 0.385 e. The highest BCUT2D eigenvalue weighted by molar-refractivity contribution is 6.70. The number of carbonyl (C=O) groups is 2. The van der Waals surface area contributed by atoms with Crippen LogP contribution in [0.1, 0.15) is 34.8 Å². The molecule has 0 aliphatic carbocycles. The SMILES string of the molecule is CC1=CN2C(=O)c3cc(C)c(C)cc3N(BC=O)[C@@H](O)[C@@H]2C1. The van der Waals surface area contributed by atoms with Crippen LogP contribution in [0.3, 0.4) is 0 Å². The maximum atomic E-state index is 12.9. The number of hydrogen-bond acceptors (Lipinski definition) is 4. The first-order valence-electron chi connectivity index (χ1n) is 7.43. The Hall–Kier alpha value is -2.08. The number of anilines is 1. The summed E-state index contributed by atoms with van der Waals surface area (Å²) in [6.45, 7) is 5.86. The number of carbonyl (C=O) groups excluding carboxylic acids is 2. The van der Waals surface area contributed by atoms with E-state index in [9.17, 15) is 14.7 Å². The fraction of sp³-hybridized carbons (Fsp3) is 0.375. The van der Waals surface area contributed by atoms with Crippen LogP contribution < -0.4 is 4.81 Å². The summed E-state index contributed by atoms with van der Waals surface area (Å²) in [5.41, 5.74) is 4.27. The van der Waals surface area contributed by atoms with Gasteiger partial charge in [0.1, 0.15) is 12.4 Å². The Balaban J connectivity index is 2.20. The molecule has 0 saturated heterocycles. The molecule has 0 radical (unpaired) electrons. The van der Waals surface area contributed by atoms with Crippen molar-refractivity contribution in [3.63, 3.8) is 0 Å². The van der Waals surface area contributed by atoms with E-state index >= 15 is 0 Å². The lowest BCUT2D eigenvalue weighted by atomic mass is 9.89. The van der Waals surface area contributed by atoms with E-state index < -0.39 is 6.23 Å². The summed E-state index contributed by atoms with van der Waals surface area (Å²) in [4.78, 5) is 27.2. The predicted octanol–water partition coefficient (Wildman–Crippen LogP) is 1.10. The lowest BCUT2D eigenvalue weighted by Crippen LogP contribution is -2.49. The Morgan fingerprint density at radius 2 is 1.95 bits per heavy atom. The first kappa shape index (κ1) is 14.8. The summed E-state index contributed by atoms with van der Waals surface area (Å²) < 4.78 is 0. The maximum Gasteiger partial charge on any atom is 0.312 e. The van der Waals surface area contributed by atoms with Gasteiger partial charge in [0.05, 0.1) is 11.6 Å². The van der Waals surface area contributed by atoms with Crippen molar-refractivity contribution < 1.29 is 14.7 Å². The van der Waals surface area contributed by atoms with Gasteiger partial charge in [0, 0.05) is 11.9 Å². The molecule has 1 aromatic carbocycles. The van der Waals surface area contributed by atoms with Crippen LogP contribution in [0.25, 0.3) is 0 Å². The molecule has 1 amide bonds. The topological polar surface area (TPSA) is 60.9 Å². The smallest absolute Gasteiger partial charge is 0.312 e. The van der Waals surface area contributed by atoms with Crippen LogP contribution >= 0.6 is 0 Å². The first-order valence-corrected chi connectivity index (χ1v) is 7.43. The van der Waals surface area contributed by atoms with E-state index in [1.807, 2.05) is 32.9 Å². The number of benzene rings is 1. The summed E-state index contributed by atoms with van der Waals surface area (Å²) in [7, 11) is 0.0628. The molecular weight excluding hydrogens is 279 g/mol. The van der Waals surface area contributed by atoms with Gasteiger partial charge in [-0.3, -0.25) is 4.79 Å². The zero-order chi connectivity index (χ0) is 16.0. The number of aliphatic hydroxyl groups is 1. The number of nitrogens with zero attached hydrogens (tertiary/aromatic N) is 2. The van der Waals surface area contributed by atoms with E-state index in [0.717, 1.165) is 22.9 Å². The lowest BCUT2D eigenvalue weighted by Gasteiger charge is -2.32. The van der Waals surface area contributed by atoms with Crippen LogP contribution in [-0.2, 0) is 4.79 Å². The molecule has 0 fully saturated rings. The third-order valence-corrected chi connectivity index (χ3v) is 4.57. The molecule has 6 heteroatoms. The Bertz CT molecular complexity index is 686. The minimum atomic E-state index is -0.897. The van der Waals surface area contributed by atoms with Crippen molar-refractivity contribution in [2.24, 2.45) is 0 Å². The van der Waals surface area contributed by atoms with Gasteiger partial charge in [-0.15, -0.1) is 0 Å². The second-order valence-electron chi connectivity index (χ2n) is 6.15. The maximum absolute atomic E-state index is 12.9. The molecule has 0 bridgehead atoms. The summed E-state index contributed by atoms with van der Waals surface area (Å²) in [5, 5.41) is 10.7. The molecule has 114 valence electrons. The molecule has 2 atom stereocenters. The molecule has 0 saturated carbocycles. The first-order chi connectivity index (χ1) is 10.4. The standard InChI is InChI=1S/C16H19BN2O3/c1-9-4-14-16(22)19(17-8-20)13-6-11(3)10(2)5-12(13)15(21)18(14)7-9/h5-8,14,16-17,22H,4H2,1-3H3/t14-,16-/m0/s1. The quantitative estimate of drug-likeness (QED) is 0.656. The third-order valence-electron chi connectivity index (χ3n) is 4.57. The minimum Gasteiger partial charge on any atom is -0.385 e. The zero-order valence-corrected chi connectivity index (χ0v) is 13.0. The Kier molecular flexibility index (Phi) is 3.57. The van der Waals surface area contributed by atoms with Crippen molar-refractivity contribution in [1.29, 1.82) is 0 Å². The van der Waals surface area contributed by atoms with Crippen LogP contribution in [0.5, 0.6) is 0 Å². The number of aliphatic hydroxyl groups excluding tert-OH is 1. The Morgan fingerprint density at radius 3 is 2.64 bits per heavy atom. The van der Waals surface area contributed by atoms with Crippen molar-refractivity contribution in [2.45, 2.75) is 39.5 Å². The fourth-order valence-corrected chi connectivity index (χ4v) is 3.26. The predicted molar refractivity (Wildman–Crippen MR) is 86.6 cm³/mol. The normalized spacial score (nSPS) is 23.6. The minimum absolute atomic E-state index is 0.0628. The summed E-state index contributed by atoms with van der Waals surface area (Å²) in [6, 6.07) is 3.38. The van der Waals surface area contributed by atoms with Gasteiger partial charge in [-0.25, -0.2) is 0 Å². The van der Waals surface area contributed by atoms with Gasteiger partial charge in [0.2, 0.25) is 0 Å². The Morgan fingerprint density at radius 1 is 1.27 bits per heavy atom. The van der Waals surface area contributed by atoms with Gasteiger partial charge < -0.3 is 19.6 Å². The Labute approximate surface area is 130 Å². The zero-order valence-electron chi connectivity index (χ0n) is 13.0. The van der Waals surface area contributed by atoms with Crippen LogP contribution in [-0.4, -0.2) is 41.8 Å².